The number of fused-ring (bicyclic) bond motifs is 2. The molecule has 0 saturated heterocycles. The van der Waals surface area contributed by atoms with Crippen molar-refractivity contribution in [1.82, 2.24) is 30.2 Å². The van der Waals surface area contributed by atoms with Gasteiger partial charge in [-0.05, 0) is 92.1 Å². The highest BCUT2D eigenvalue weighted by molar-refractivity contribution is 5.95. The van der Waals surface area contributed by atoms with E-state index in [4.69, 9.17) is 4.42 Å². The first-order chi connectivity index (χ1) is 22.0. The van der Waals surface area contributed by atoms with E-state index in [-0.39, 0.29) is 30.3 Å². The fourth-order valence-electron chi connectivity index (χ4n) is 6.52. The number of nitriles is 1. The zero-order valence-corrected chi connectivity index (χ0v) is 27.6. The minimum Gasteiger partial charge on any atom is -0.424 e. The van der Waals surface area contributed by atoms with Crippen molar-refractivity contribution in [2.24, 2.45) is 0 Å². The van der Waals surface area contributed by atoms with E-state index >= 15 is 0 Å². The predicted molar refractivity (Wildman–Crippen MR) is 172 cm³/mol. The minimum absolute atomic E-state index is 0.0907. The van der Waals surface area contributed by atoms with Gasteiger partial charge in [-0.15, -0.1) is 10.2 Å². The van der Waals surface area contributed by atoms with Crippen LogP contribution in [0.25, 0.3) is 0 Å². The maximum Gasteiger partial charge on any atom is 0.253 e. The summed E-state index contributed by atoms with van der Waals surface area (Å²) >= 11 is 0. The molecule has 0 spiro atoms. The molecule has 0 aliphatic heterocycles. The molecule has 242 valence electrons. The molecule has 1 saturated carbocycles. The first kappa shape index (κ1) is 32.8. The third kappa shape index (κ3) is 6.27. The van der Waals surface area contributed by atoms with Crippen LogP contribution < -0.4 is 5.32 Å². The smallest absolute Gasteiger partial charge is 0.253 e. The number of carbonyl (C=O) groups is 3. The Labute approximate surface area is 270 Å². The number of hydrogen-bond acceptors (Lipinski definition) is 8. The molecule has 0 bridgehead atoms. The van der Waals surface area contributed by atoms with Gasteiger partial charge in [0.2, 0.25) is 17.7 Å². The van der Waals surface area contributed by atoms with Crippen LogP contribution in [0.1, 0.15) is 87.9 Å². The van der Waals surface area contributed by atoms with Crippen molar-refractivity contribution >= 4 is 17.7 Å². The summed E-state index contributed by atoms with van der Waals surface area (Å²) in [5.74, 6) is 0.656. The van der Waals surface area contributed by atoms with Crippen molar-refractivity contribution < 1.29 is 18.8 Å². The van der Waals surface area contributed by atoms with E-state index in [0.717, 1.165) is 35.1 Å². The molecule has 11 nitrogen and oxygen atoms in total. The topological polar surface area (TPSA) is 136 Å². The molecule has 2 aliphatic rings. The second kappa shape index (κ2) is 13.4. The second-order valence-corrected chi connectivity index (χ2v) is 12.7. The number of nitrogens with zero attached hydrogens (tertiary/aromatic N) is 6. The molecular formula is C35H43N7O4. The van der Waals surface area contributed by atoms with E-state index in [2.05, 4.69) is 21.6 Å². The highest BCUT2D eigenvalue weighted by atomic mass is 16.4. The number of hydrogen-bond donors (Lipinski definition) is 1. The summed E-state index contributed by atoms with van der Waals surface area (Å²) in [5, 5.41) is 21.8. The Morgan fingerprint density at radius 2 is 1.54 bits per heavy atom. The molecular weight excluding hydrogens is 582 g/mol. The lowest BCUT2D eigenvalue weighted by Gasteiger charge is -2.34. The van der Waals surface area contributed by atoms with E-state index in [1.165, 1.54) is 0 Å². The Hall–Kier alpha value is -4.56. The molecule has 1 atom stereocenters. The molecule has 2 aromatic carbocycles. The van der Waals surface area contributed by atoms with Crippen LogP contribution in [-0.4, -0.2) is 96.0 Å². The summed E-state index contributed by atoms with van der Waals surface area (Å²) < 4.78 is 6.37. The van der Waals surface area contributed by atoms with E-state index in [1.54, 1.807) is 49.8 Å². The number of carbonyl (C=O) groups excluding carboxylic acids is 3. The highest BCUT2D eigenvalue weighted by Gasteiger charge is 2.46. The van der Waals surface area contributed by atoms with Crippen molar-refractivity contribution in [2.75, 3.05) is 41.3 Å². The lowest BCUT2D eigenvalue weighted by atomic mass is 9.69. The van der Waals surface area contributed by atoms with E-state index < -0.39 is 11.5 Å². The molecule has 5 rings (SSSR count). The van der Waals surface area contributed by atoms with Gasteiger partial charge in [0, 0.05) is 51.8 Å². The van der Waals surface area contributed by atoms with Crippen LogP contribution in [0.15, 0.2) is 40.8 Å². The molecule has 11 heteroatoms. The maximum atomic E-state index is 13.2. The van der Waals surface area contributed by atoms with Gasteiger partial charge >= 0.3 is 0 Å². The number of benzene rings is 2. The largest absolute Gasteiger partial charge is 0.424 e. The van der Waals surface area contributed by atoms with Crippen molar-refractivity contribution in [3.8, 4) is 6.07 Å². The number of aryl methyl sites for hydroxylation is 3. The summed E-state index contributed by atoms with van der Waals surface area (Å²) in [7, 11) is 6.93. The van der Waals surface area contributed by atoms with Gasteiger partial charge in [0.1, 0.15) is 11.5 Å². The Morgan fingerprint density at radius 1 is 0.978 bits per heavy atom. The molecule has 1 N–H and O–H groups in total. The Balaban J connectivity index is 1.60. The Morgan fingerprint density at radius 3 is 2.00 bits per heavy atom. The molecule has 3 amide bonds. The third-order valence-corrected chi connectivity index (χ3v) is 9.02. The molecule has 46 heavy (non-hydrogen) atoms. The van der Waals surface area contributed by atoms with Gasteiger partial charge in [0.25, 0.3) is 11.8 Å². The molecule has 1 fully saturated rings. The van der Waals surface area contributed by atoms with E-state index in [9.17, 15) is 19.6 Å². The van der Waals surface area contributed by atoms with Crippen LogP contribution in [0.4, 0.5) is 0 Å². The SMILES string of the molecule is CCc1nnc(C2(CCNCC(=O)N(C(C)C#N)C3CC3)c3ccc(C(=O)N(C)C)cc3CCc3cc(C(=O)N(C)C)ccc32)o1. The molecule has 1 unspecified atom stereocenters. The summed E-state index contributed by atoms with van der Waals surface area (Å²) in [4.78, 5) is 44.1. The zero-order chi connectivity index (χ0) is 33.2. The van der Waals surface area contributed by atoms with Crippen LogP contribution in [0.2, 0.25) is 0 Å². The Bertz CT molecular complexity index is 1600. The average Bonchev–Trinajstić information content (AvgIpc) is 3.79. The first-order valence-corrected chi connectivity index (χ1v) is 16.0. The molecule has 0 radical (unpaired) electrons. The fourth-order valence-corrected chi connectivity index (χ4v) is 6.52. The van der Waals surface area contributed by atoms with Gasteiger partial charge in [-0.2, -0.15) is 5.26 Å². The Kier molecular flexibility index (Phi) is 9.58. The average molecular weight is 626 g/mol. The van der Waals surface area contributed by atoms with E-state index in [1.807, 2.05) is 43.3 Å². The summed E-state index contributed by atoms with van der Waals surface area (Å²) in [6, 6.07) is 13.4. The van der Waals surface area contributed by atoms with Gasteiger partial charge in [0.05, 0.1) is 12.6 Å². The first-order valence-electron chi connectivity index (χ1n) is 16.0. The second-order valence-electron chi connectivity index (χ2n) is 12.7. The third-order valence-electron chi connectivity index (χ3n) is 9.02. The lowest BCUT2D eigenvalue weighted by Crippen LogP contribution is -2.45. The van der Waals surface area contributed by atoms with Crippen LogP contribution in [0, 0.1) is 11.3 Å². The normalized spacial score (nSPS) is 15.5. The quantitative estimate of drug-likeness (QED) is 0.321. The zero-order valence-electron chi connectivity index (χ0n) is 27.6. The standard InChI is InChI=1S/C35H43N7O4/c1-7-30-38-39-34(46-30)35(16-17-37-21-31(43)42(22(2)20-36)27-12-13-27)28-14-10-25(32(44)40(3)4)18-23(28)8-9-24-19-26(11-15-29(24)35)33(45)41(5)6/h10-11,14-15,18-19,22,27,37H,7-9,12-13,16-17,21H2,1-6H3. The van der Waals surface area contributed by atoms with Gasteiger partial charge in [-0.25, -0.2) is 0 Å². The van der Waals surface area contributed by atoms with E-state index in [0.29, 0.717) is 55.1 Å². The fraction of sp³-hybridized carbons (Fsp3) is 0.486. The van der Waals surface area contributed by atoms with Crippen molar-refractivity contribution in [1.29, 1.82) is 5.26 Å². The summed E-state index contributed by atoms with van der Waals surface area (Å²) in [6.45, 7) is 4.23. The number of nitrogens with one attached hydrogen (secondary N) is 1. The molecule has 2 aliphatic carbocycles. The number of aromatic nitrogens is 2. The minimum atomic E-state index is -0.923. The monoisotopic (exact) mass is 625 g/mol. The highest BCUT2D eigenvalue weighted by Crippen LogP contribution is 2.47. The van der Waals surface area contributed by atoms with Gasteiger partial charge in [0.15, 0.2) is 0 Å². The molecule has 3 aromatic rings. The van der Waals surface area contributed by atoms with Gasteiger partial charge in [-0.1, -0.05) is 19.1 Å². The van der Waals surface area contributed by atoms with Crippen LogP contribution in [0.3, 0.4) is 0 Å². The number of amides is 3. The van der Waals surface area contributed by atoms with Crippen molar-refractivity contribution in [3.05, 3.63) is 81.6 Å². The van der Waals surface area contributed by atoms with Crippen LogP contribution in [0.5, 0.6) is 0 Å². The summed E-state index contributed by atoms with van der Waals surface area (Å²) in [6.07, 6.45) is 4.15. The number of rotatable bonds is 11. The maximum absolute atomic E-state index is 13.2. The van der Waals surface area contributed by atoms with Gasteiger partial charge < -0.3 is 24.4 Å². The molecule has 1 heterocycles. The van der Waals surface area contributed by atoms with Crippen LogP contribution >= 0.6 is 0 Å². The summed E-state index contributed by atoms with van der Waals surface area (Å²) in [5.41, 5.74) is 4.12. The predicted octanol–water partition coefficient (Wildman–Crippen LogP) is 3.35. The molecule has 1 aromatic heterocycles. The van der Waals surface area contributed by atoms with Crippen molar-refractivity contribution in [3.63, 3.8) is 0 Å². The van der Waals surface area contributed by atoms with Crippen molar-refractivity contribution in [2.45, 2.75) is 69.9 Å². The van der Waals surface area contributed by atoms with Gasteiger partial charge in [-0.3, -0.25) is 14.4 Å². The van der Waals surface area contributed by atoms with Crippen LogP contribution in [-0.2, 0) is 29.5 Å². The lowest BCUT2D eigenvalue weighted by molar-refractivity contribution is -0.131.